The molecule has 0 spiro atoms. The van der Waals surface area contributed by atoms with Gasteiger partial charge in [-0.15, -0.1) is 6.58 Å². The van der Waals surface area contributed by atoms with E-state index in [-0.39, 0.29) is 5.69 Å². The SMILES string of the molecule is C=CC1N(c2cccc(C(F)(F)F)c2)C(=O)C1(O)C(C)(C)C. The molecule has 1 aromatic carbocycles. The van der Waals surface area contributed by atoms with Gasteiger partial charge in [0.1, 0.15) is 0 Å². The quantitative estimate of drug-likeness (QED) is 0.671. The number of hydrogen-bond donors (Lipinski definition) is 1. The number of rotatable bonds is 2. The Morgan fingerprint density at radius 2 is 1.91 bits per heavy atom. The summed E-state index contributed by atoms with van der Waals surface area (Å²) in [6, 6.07) is 3.71. The lowest BCUT2D eigenvalue weighted by Crippen LogP contribution is -2.78. The van der Waals surface area contributed by atoms with E-state index < -0.39 is 34.7 Å². The van der Waals surface area contributed by atoms with E-state index in [1.54, 1.807) is 20.8 Å². The summed E-state index contributed by atoms with van der Waals surface area (Å²) in [6.45, 7) is 8.69. The second-order valence-corrected chi connectivity index (χ2v) is 6.42. The van der Waals surface area contributed by atoms with Crippen LogP contribution in [0.1, 0.15) is 26.3 Å². The van der Waals surface area contributed by atoms with Gasteiger partial charge in [0.05, 0.1) is 11.6 Å². The molecule has 0 aliphatic carbocycles. The summed E-state index contributed by atoms with van der Waals surface area (Å²) in [6.07, 6.45) is -3.11. The normalized spacial score (nSPS) is 25.9. The van der Waals surface area contributed by atoms with Crippen LogP contribution in [0.15, 0.2) is 36.9 Å². The van der Waals surface area contributed by atoms with Crippen LogP contribution in [0.5, 0.6) is 0 Å². The zero-order valence-electron chi connectivity index (χ0n) is 12.6. The van der Waals surface area contributed by atoms with Crippen LogP contribution in [0.2, 0.25) is 0 Å². The summed E-state index contributed by atoms with van der Waals surface area (Å²) < 4.78 is 38.4. The summed E-state index contributed by atoms with van der Waals surface area (Å²) in [7, 11) is 0. The van der Waals surface area contributed by atoms with Gasteiger partial charge < -0.3 is 5.11 Å². The standard InChI is InChI=1S/C16H18F3NO2/c1-5-12-15(22,14(2,3)4)13(21)20(12)11-8-6-7-10(9-11)16(17,18)19/h5-9,12,22H,1H2,2-4H3. The summed E-state index contributed by atoms with van der Waals surface area (Å²) in [4.78, 5) is 13.6. The molecule has 120 valence electrons. The summed E-state index contributed by atoms with van der Waals surface area (Å²) in [5.74, 6) is -0.621. The van der Waals surface area contributed by atoms with Crippen molar-refractivity contribution in [3.63, 3.8) is 0 Å². The van der Waals surface area contributed by atoms with Gasteiger partial charge in [0.15, 0.2) is 5.60 Å². The molecular weight excluding hydrogens is 295 g/mol. The van der Waals surface area contributed by atoms with Crippen LogP contribution in [0, 0.1) is 5.41 Å². The first-order valence-electron chi connectivity index (χ1n) is 6.80. The van der Waals surface area contributed by atoms with E-state index >= 15 is 0 Å². The van der Waals surface area contributed by atoms with Crippen molar-refractivity contribution in [1.29, 1.82) is 0 Å². The Morgan fingerprint density at radius 3 is 2.36 bits per heavy atom. The van der Waals surface area contributed by atoms with Crippen LogP contribution in [-0.4, -0.2) is 22.7 Å². The molecule has 1 fully saturated rings. The number of aliphatic hydroxyl groups is 1. The zero-order valence-corrected chi connectivity index (χ0v) is 12.6. The minimum atomic E-state index is -4.49. The molecule has 1 amide bonds. The number of carbonyl (C=O) groups is 1. The predicted octanol–water partition coefficient (Wildman–Crippen LogP) is 3.38. The van der Waals surface area contributed by atoms with Gasteiger partial charge in [-0.1, -0.05) is 32.9 Å². The molecule has 6 heteroatoms. The minimum absolute atomic E-state index is 0.0960. The highest BCUT2D eigenvalue weighted by molar-refractivity contribution is 6.09. The zero-order chi connectivity index (χ0) is 16.9. The van der Waals surface area contributed by atoms with Crippen molar-refractivity contribution >= 4 is 11.6 Å². The number of nitrogens with zero attached hydrogens (tertiary/aromatic N) is 1. The Hall–Kier alpha value is -1.82. The Balaban J connectivity index is 2.44. The van der Waals surface area contributed by atoms with Gasteiger partial charge in [0, 0.05) is 11.1 Å². The van der Waals surface area contributed by atoms with Crippen LogP contribution >= 0.6 is 0 Å². The molecule has 1 heterocycles. The van der Waals surface area contributed by atoms with Gasteiger partial charge in [0.25, 0.3) is 5.91 Å². The lowest BCUT2D eigenvalue weighted by Gasteiger charge is -2.57. The van der Waals surface area contributed by atoms with Gasteiger partial charge in [-0.2, -0.15) is 13.2 Å². The third kappa shape index (κ3) is 2.22. The number of hydrogen-bond acceptors (Lipinski definition) is 2. The maximum atomic E-state index is 12.8. The molecule has 2 rings (SSSR count). The van der Waals surface area contributed by atoms with Crippen LogP contribution < -0.4 is 4.90 Å². The van der Waals surface area contributed by atoms with Crippen molar-refractivity contribution in [1.82, 2.24) is 0 Å². The predicted molar refractivity (Wildman–Crippen MR) is 77.3 cm³/mol. The third-order valence-corrected chi connectivity index (χ3v) is 4.07. The highest BCUT2D eigenvalue weighted by Crippen LogP contribution is 2.47. The van der Waals surface area contributed by atoms with E-state index in [2.05, 4.69) is 6.58 Å². The first-order chi connectivity index (χ1) is 9.94. The highest BCUT2D eigenvalue weighted by Gasteiger charge is 2.65. The first-order valence-corrected chi connectivity index (χ1v) is 6.80. The van der Waals surface area contributed by atoms with Crippen molar-refractivity contribution in [2.45, 2.75) is 38.6 Å². The average Bonchev–Trinajstić information content (AvgIpc) is 2.41. The highest BCUT2D eigenvalue weighted by atomic mass is 19.4. The molecule has 2 unspecified atom stereocenters. The van der Waals surface area contributed by atoms with Crippen molar-refractivity contribution in [3.8, 4) is 0 Å². The van der Waals surface area contributed by atoms with E-state index in [4.69, 9.17) is 0 Å². The van der Waals surface area contributed by atoms with Crippen LogP contribution in [-0.2, 0) is 11.0 Å². The Labute approximate surface area is 127 Å². The number of benzene rings is 1. The number of halogens is 3. The molecule has 0 radical (unpaired) electrons. The molecule has 2 atom stereocenters. The first kappa shape index (κ1) is 16.5. The van der Waals surface area contributed by atoms with E-state index in [9.17, 15) is 23.1 Å². The topological polar surface area (TPSA) is 40.5 Å². The molecule has 0 aromatic heterocycles. The third-order valence-electron chi connectivity index (χ3n) is 4.07. The number of β-lactam (4-membered cyclic amide) rings is 1. The molecular formula is C16H18F3NO2. The van der Waals surface area contributed by atoms with Crippen LogP contribution in [0.3, 0.4) is 0 Å². The molecule has 1 saturated heterocycles. The lowest BCUT2D eigenvalue weighted by molar-refractivity contribution is -0.167. The molecule has 22 heavy (non-hydrogen) atoms. The Kier molecular flexibility index (Phi) is 3.64. The van der Waals surface area contributed by atoms with Gasteiger partial charge in [-0.05, 0) is 18.2 Å². The minimum Gasteiger partial charge on any atom is -0.377 e. The summed E-state index contributed by atoms with van der Waals surface area (Å²) >= 11 is 0. The van der Waals surface area contributed by atoms with Crippen LogP contribution in [0.25, 0.3) is 0 Å². The fraction of sp³-hybridized carbons (Fsp3) is 0.438. The Morgan fingerprint density at radius 1 is 1.32 bits per heavy atom. The maximum absolute atomic E-state index is 12.8. The monoisotopic (exact) mass is 313 g/mol. The number of alkyl halides is 3. The maximum Gasteiger partial charge on any atom is 0.416 e. The van der Waals surface area contributed by atoms with E-state index in [1.165, 1.54) is 18.2 Å². The molecule has 1 aliphatic rings. The van der Waals surface area contributed by atoms with Gasteiger partial charge in [0.2, 0.25) is 0 Å². The van der Waals surface area contributed by atoms with E-state index in [1.807, 2.05) is 0 Å². The molecule has 1 aromatic rings. The molecule has 3 nitrogen and oxygen atoms in total. The fourth-order valence-corrected chi connectivity index (χ4v) is 2.71. The van der Waals surface area contributed by atoms with Crippen molar-refractivity contribution in [3.05, 3.63) is 42.5 Å². The fourth-order valence-electron chi connectivity index (χ4n) is 2.71. The summed E-state index contributed by atoms with van der Waals surface area (Å²) in [5.41, 5.74) is -3.19. The second-order valence-electron chi connectivity index (χ2n) is 6.42. The van der Waals surface area contributed by atoms with Crippen LogP contribution in [0.4, 0.5) is 18.9 Å². The number of carbonyl (C=O) groups excluding carboxylic acids is 1. The van der Waals surface area contributed by atoms with Crippen molar-refractivity contribution < 1.29 is 23.1 Å². The van der Waals surface area contributed by atoms with E-state index in [0.29, 0.717) is 0 Å². The van der Waals surface area contributed by atoms with E-state index in [0.717, 1.165) is 17.0 Å². The molecule has 0 saturated carbocycles. The lowest BCUT2D eigenvalue weighted by atomic mass is 9.65. The number of amides is 1. The average molecular weight is 313 g/mol. The van der Waals surface area contributed by atoms with Gasteiger partial charge in [-0.3, -0.25) is 9.69 Å². The smallest absolute Gasteiger partial charge is 0.377 e. The molecule has 1 N–H and O–H groups in total. The van der Waals surface area contributed by atoms with Gasteiger partial charge in [-0.25, -0.2) is 0 Å². The van der Waals surface area contributed by atoms with Crippen molar-refractivity contribution in [2.24, 2.45) is 5.41 Å². The Bertz CT molecular complexity index is 619. The second kappa shape index (κ2) is 4.84. The molecule has 0 bridgehead atoms. The number of anilines is 1. The molecule has 1 aliphatic heterocycles. The van der Waals surface area contributed by atoms with Crippen molar-refractivity contribution in [2.75, 3.05) is 4.90 Å². The largest absolute Gasteiger partial charge is 0.416 e. The summed E-state index contributed by atoms with van der Waals surface area (Å²) in [5, 5.41) is 10.7. The van der Waals surface area contributed by atoms with Gasteiger partial charge >= 0.3 is 6.18 Å².